The van der Waals surface area contributed by atoms with Crippen LogP contribution < -0.4 is 10.1 Å². The molecule has 3 nitrogen and oxygen atoms in total. The molecule has 1 N–H and O–H groups in total. The zero-order chi connectivity index (χ0) is 24.5. The van der Waals surface area contributed by atoms with Crippen molar-refractivity contribution in [2.24, 2.45) is 5.92 Å². The fourth-order valence-electron chi connectivity index (χ4n) is 4.40. The minimum absolute atomic E-state index is 0.153. The summed E-state index contributed by atoms with van der Waals surface area (Å²) in [5, 5.41) is 3.32. The van der Waals surface area contributed by atoms with Crippen LogP contribution in [-0.4, -0.2) is 25.1 Å². The van der Waals surface area contributed by atoms with E-state index in [2.05, 4.69) is 14.8 Å². The van der Waals surface area contributed by atoms with Gasteiger partial charge >= 0.3 is 19.1 Å². The Bertz CT molecular complexity index is 1090. The lowest BCUT2D eigenvalue weighted by atomic mass is 9.81. The Morgan fingerprint density at radius 1 is 1.00 bits per heavy atom. The van der Waals surface area contributed by atoms with E-state index in [0.29, 0.717) is 18.4 Å². The summed E-state index contributed by atoms with van der Waals surface area (Å²) in [6.45, 7) is -3.60. The van der Waals surface area contributed by atoms with Crippen molar-refractivity contribution in [3.8, 4) is 16.9 Å². The molecule has 0 saturated heterocycles. The molecule has 0 saturated carbocycles. The molecule has 1 unspecified atom stereocenters. The highest BCUT2D eigenvalue weighted by Gasteiger charge is 2.41. The van der Waals surface area contributed by atoms with Gasteiger partial charge in [0, 0.05) is 23.2 Å². The van der Waals surface area contributed by atoms with Crippen LogP contribution in [0.3, 0.4) is 0 Å². The Morgan fingerprint density at radius 2 is 1.76 bits per heavy atom. The van der Waals surface area contributed by atoms with Crippen LogP contribution in [0.1, 0.15) is 18.4 Å². The summed E-state index contributed by atoms with van der Waals surface area (Å²) in [7, 11) is 0. The van der Waals surface area contributed by atoms with E-state index < -0.39 is 24.7 Å². The lowest BCUT2D eigenvalue weighted by Gasteiger charge is -2.35. The highest BCUT2D eigenvalue weighted by atomic mass is 19.4. The van der Waals surface area contributed by atoms with Gasteiger partial charge in [-0.1, -0.05) is 42.5 Å². The van der Waals surface area contributed by atoms with E-state index in [1.54, 1.807) is 30.3 Å². The van der Waals surface area contributed by atoms with E-state index in [1.165, 1.54) is 24.3 Å². The van der Waals surface area contributed by atoms with Crippen LogP contribution in [0.2, 0.25) is 0 Å². The number of fused-ring (bicyclic) bond motifs is 1. The van der Waals surface area contributed by atoms with Crippen LogP contribution in [-0.2, 0) is 11.2 Å². The normalized spacial score (nSPS) is 20.5. The van der Waals surface area contributed by atoms with Gasteiger partial charge in [0.15, 0.2) is 0 Å². The van der Waals surface area contributed by atoms with E-state index in [0.717, 1.165) is 22.9 Å². The molecular formula is C24H20F7NO2. The van der Waals surface area contributed by atoms with E-state index >= 15 is 0 Å². The summed E-state index contributed by atoms with van der Waals surface area (Å²) in [4.78, 5) is 0. The molecule has 10 heteroatoms. The monoisotopic (exact) mass is 487 g/mol. The number of halogens is 7. The maximum Gasteiger partial charge on any atom is 0.573 e. The standard InChI is InChI=1S/C24H20F7NO2/c25-22(26)34-23(27,28)16-6-1-5-15(12-16)20-11-10-19-18(8-3-9-21(19)32-20)14-4-2-7-17(13-14)33-24(29,30)31/h1-9,13,15,20,22,32H,10-12H2/t15?,20-/m1/s1. The maximum atomic E-state index is 14.0. The van der Waals surface area contributed by atoms with Crippen molar-refractivity contribution in [1.82, 2.24) is 0 Å². The van der Waals surface area contributed by atoms with Gasteiger partial charge in [0.05, 0.1) is 0 Å². The summed E-state index contributed by atoms with van der Waals surface area (Å²) in [5.74, 6) is -0.713. The molecule has 0 amide bonds. The third-order valence-electron chi connectivity index (χ3n) is 5.84. The van der Waals surface area contributed by atoms with E-state index in [-0.39, 0.29) is 24.1 Å². The second kappa shape index (κ2) is 9.32. The number of allylic oxidation sites excluding steroid dienone is 2. The third-order valence-corrected chi connectivity index (χ3v) is 5.84. The Morgan fingerprint density at radius 3 is 2.50 bits per heavy atom. The van der Waals surface area contributed by atoms with Gasteiger partial charge in [0.2, 0.25) is 0 Å². The molecule has 1 aliphatic carbocycles. The van der Waals surface area contributed by atoms with Crippen molar-refractivity contribution in [2.75, 3.05) is 5.32 Å². The summed E-state index contributed by atoms with van der Waals surface area (Å²) in [5.41, 5.74) is 2.36. The first-order valence-corrected chi connectivity index (χ1v) is 10.5. The highest BCUT2D eigenvalue weighted by molar-refractivity contribution is 5.75. The Hall–Kier alpha value is -3.01. The van der Waals surface area contributed by atoms with Crippen LogP contribution in [0.15, 0.2) is 66.3 Å². The van der Waals surface area contributed by atoms with Crippen LogP contribution in [0.4, 0.5) is 36.4 Å². The average molecular weight is 487 g/mol. The van der Waals surface area contributed by atoms with Gasteiger partial charge in [-0.3, -0.25) is 4.74 Å². The zero-order valence-corrected chi connectivity index (χ0v) is 17.6. The fourth-order valence-corrected chi connectivity index (χ4v) is 4.40. The van der Waals surface area contributed by atoms with Crippen LogP contribution in [0.25, 0.3) is 11.1 Å². The highest BCUT2D eigenvalue weighted by Crippen LogP contribution is 2.41. The number of ether oxygens (including phenoxy) is 2. The molecule has 1 aliphatic heterocycles. The summed E-state index contributed by atoms with van der Waals surface area (Å²) >= 11 is 0. The van der Waals surface area contributed by atoms with Gasteiger partial charge in [-0.25, -0.2) is 0 Å². The minimum Gasteiger partial charge on any atom is -0.406 e. The van der Waals surface area contributed by atoms with Gasteiger partial charge in [-0.05, 0) is 54.2 Å². The van der Waals surface area contributed by atoms with Gasteiger partial charge in [-0.15, -0.1) is 13.2 Å². The molecular weight excluding hydrogens is 467 g/mol. The molecule has 182 valence electrons. The smallest absolute Gasteiger partial charge is 0.406 e. The van der Waals surface area contributed by atoms with Crippen LogP contribution >= 0.6 is 0 Å². The first kappa shape index (κ1) is 24.1. The topological polar surface area (TPSA) is 30.5 Å². The number of rotatable bonds is 6. The zero-order valence-electron chi connectivity index (χ0n) is 17.6. The molecule has 2 aromatic carbocycles. The number of hydrogen-bond acceptors (Lipinski definition) is 3. The molecule has 0 aromatic heterocycles. The largest absolute Gasteiger partial charge is 0.573 e. The number of anilines is 1. The molecule has 1 heterocycles. The van der Waals surface area contributed by atoms with Crippen molar-refractivity contribution < 1.29 is 40.2 Å². The molecule has 0 radical (unpaired) electrons. The first-order chi connectivity index (χ1) is 16.0. The quantitative estimate of drug-likeness (QED) is 0.434. The van der Waals surface area contributed by atoms with Gasteiger partial charge < -0.3 is 10.1 Å². The second-order valence-electron chi connectivity index (χ2n) is 8.04. The predicted octanol–water partition coefficient (Wildman–Crippen LogP) is 7.31. The molecule has 2 aromatic rings. The number of alkyl halides is 7. The third kappa shape index (κ3) is 5.55. The van der Waals surface area contributed by atoms with Crippen molar-refractivity contribution in [3.05, 3.63) is 71.8 Å². The minimum atomic E-state index is -4.80. The van der Waals surface area contributed by atoms with Crippen molar-refractivity contribution in [1.29, 1.82) is 0 Å². The first-order valence-electron chi connectivity index (χ1n) is 10.5. The summed E-state index contributed by atoms with van der Waals surface area (Å²) < 4.78 is 98.1. The number of benzene rings is 2. The molecule has 0 fully saturated rings. The van der Waals surface area contributed by atoms with E-state index in [1.807, 2.05) is 0 Å². The second-order valence-corrected chi connectivity index (χ2v) is 8.04. The fraction of sp³-hybridized carbons (Fsp3) is 0.333. The van der Waals surface area contributed by atoms with Gasteiger partial charge in [0.1, 0.15) is 5.75 Å². The molecule has 2 atom stereocenters. The molecule has 0 bridgehead atoms. The molecule has 0 spiro atoms. The van der Waals surface area contributed by atoms with Crippen molar-refractivity contribution in [2.45, 2.75) is 44.4 Å². The van der Waals surface area contributed by atoms with E-state index in [9.17, 15) is 30.7 Å². The lowest BCUT2D eigenvalue weighted by molar-refractivity contribution is -0.300. The summed E-state index contributed by atoms with van der Waals surface area (Å²) in [6, 6.07) is 10.8. The van der Waals surface area contributed by atoms with Crippen LogP contribution in [0, 0.1) is 5.92 Å². The van der Waals surface area contributed by atoms with Crippen molar-refractivity contribution in [3.63, 3.8) is 0 Å². The molecule has 2 aliphatic rings. The summed E-state index contributed by atoms with van der Waals surface area (Å²) in [6.07, 6.45) is -3.70. The number of hydrogen-bond donors (Lipinski definition) is 1. The van der Waals surface area contributed by atoms with E-state index in [4.69, 9.17) is 0 Å². The molecule has 4 rings (SSSR count). The Kier molecular flexibility index (Phi) is 6.62. The molecule has 34 heavy (non-hydrogen) atoms. The Labute approximate surface area is 190 Å². The predicted molar refractivity (Wildman–Crippen MR) is 112 cm³/mol. The van der Waals surface area contributed by atoms with Crippen molar-refractivity contribution >= 4 is 5.69 Å². The maximum absolute atomic E-state index is 14.0. The van der Waals surface area contributed by atoms with Gasteiger partial charge in [-0.2, -0.15) is 17.6 Å². The van der Waals surface area contributed by atoms with Gasteiger partial charge in [0.25, 0.3) is 0 Å². The van der Waals surface area contributed by atoms with Crippen LogP contribution in [0.5, 0.6) is 5.75 Å². The SMILES string of the molecule is FC(F)OC(F)(F)C1=CC=CC([C@H]2CCc3c(cccc3-c3cccc(OC(F)(F)F)c3)N2)C1. The number of nitrogens with one attached hydrogen (secondary N) is 1. The lowest BCUT2D eigenvalue weighted by Crippen LogP contribution is -2.36. The Balaban J connectivity index is 1.52. The average Bonchev–Trinajstić information content (AvgIpc) is 2.76.